The summed E-state index contributed by atoms with van der Waals surface area (Å²) >= 11 is 1.32. The third-order valence-electron chi connectivity index (χ3n) is 5.04. The SMILES string of the molecule is Cc1nn(C)c2nc(-c3ccco3)cc(C(=O)Nc3sccc3C(=O)NC3CC3)c12. The van der Waals surface area contributed by atoms with Crippen molar-refractivity contribution in [1.82, 2.24) is 20.1 Å². The van der Waals surface area contributed by atoms with Crippen molar-refractivity contribution in [2.24, 2.45) is 7.05 Å². The van der Waals surface area contributed by atoms with Crippen molar-refractivity contribution in [3.63, 3.8) is 0 Å². The van der Waals surface area contributed by atoms with Crippen LogP contribution in [0.2, 0.25) is 0 Å². The smallest absolute Gasteiger partial charge is 0.257 e. The van der Waals surface area contributed by atoms with Crippen LogP contribution >= 0.6 is 11.3 Å². The molecule has 30 heavy (non-hydrogen) atoms. The molecule has 4 aromatic heterocycles. The van der Waals surface area contributed by atoms with Crippen LogP contribution in [0.25, 0.3) is 22.5 Å². The highest BCUT2D eigenvalue weighted by atomic mass is 32.1. The minimum Gasteiger partial charge on any atom is -0.463 e. The topological polar surface area (TPSA) is 102 Å². The van der Waals surface area contributed by atoms with Gasteiger partial charge in [-0.3, -0.25) is 14.3 Å². The van der Waals surface area contributed by atoms with Crippen molar-refractivity contribution < 1.29 is 14.0 Å². The molecular weight excluding hydrogens is 402 g/mol. The highest BCUT2D eigenvalue weighted by Gasteiger charge is 2.26. The van der Waals surface area contributed by atoms with Gasteiger partial charge in [0.15, 0.2) is 11.4 Å². The standard InChI is InChI=1S/C21H19N5O3S/c1-11-17-14(10-15(16-4-3-8-29-16)23-18(17)26(2)25-11)20(28)24-21-13(7-9-30-21)19(27)22-12-5-6-12/h3-4,7-10,12H,5-6H2,1-2H3,(H,22,27)(H,24,28). The van der Waals surface area contributed by atoms with Crippen LogP contribution in [0.1, 0.15) is 39.3 Å². The maximum absolute atomic E-state index is 13.3. The summed E-state index contributed by atoms with van der Waals surface area (Å²) in [7, 11) is 1.79. The Balaban J connectivity index is 1.54. The summed E-state index contributed by atoms with van der Waals surface area (Å²) in [6, 6.07) is 7.23. The second kappa shape index (κ2) is 7.10. The Bertz CT molecular complexity index is 1270. The molecule has 4 heterocycles. The molecule has 0 radical (unpaired) electrons. The highest BCUT2D eigenvalue weighted by Crippen LogP contribution is 2.30. The number of thiophene rings is 1. The lowest BCUT2D eigenvalue weighted by atomic mass is 10.1. The average Bonchev–Trinajstić information content (AvgIpc) is 3.11. The highest BCUT2D eigenvalue weighted by molar-refractivity contribution is 7.14. The number of hydrogen-bond acceptors (Lipinski definition) is 6. The molecular formula is C21H19N5O3S. The summed E-state index contributed by atoms with van der Waals surface area (Å²) < 4.78 is 7.12. The maximum Gasteiger partial charge on any atom is 0.257 e. The third-order valence-corrected chi connectivity index (χ3v) is 5.87. The number of aryl methyl sites for hydroxylation is 2. The molecule has 5 rings (SSSR count). The van der Waals surface area contributed by atoms with Gasteiger partial charge in [0.1, 0.15) is 10.7 Å². The van der Waals surface area contributed by atoms with Gasteiger partial charge in [0.2, 0.25) is 0 Å². The lowest BCUT2D eigenvalue weighted by molar-refractivity contribution is 0.0952. The molecule has 0 unspecified atom stereocenters. The molecule has 0 aromatic carbocycles. The van der Waals surface area contributed by atoms with Crippen molar-refractivity contribution in [1.29, 1.82) is 0 Å². The number of furan rings is 1. The fraction of sp³-hybridized carbons (Fsp3) is 0.238. The van der Waals surface area contributed by atoms with Crippen molar-refractivity contribution in [3.8, 4) is 11.5 Å². The van der Waals surface area contributed by atoms with Crippen LogP contribution in [0.4, 0.5) is 5.00 Å². The molecule has 0 spiro atoms. The van der Waals surface area contributed by atoms with Crippen molar-refractivity contribution in [2.45, 2.75) is 25.8 Å². The number of carbonyl (C=O) groups excluding carboxylic acids is 2. The Kier molecular flexibility index (Phi) is 4.39. The monoisotopic (exact) mass is 421 g/mol. The zero-order valence-corrected chi connectivity index (χ0v) is 17.2. The first-order valence-electron chi connectivity index (χ1n) is 9.59. The molecule has 0 bridgehead atoms. The van der Waals surface area contributed by atoms with Gasteiger partial charge in [-0.25, -0.2) is 4.98 Å². The number of nitrogens with one attached hydrogen (secondary N) is 2. The van der Waals surface area contributed by atoms with Crippen LogP contribution < -0.4 is 10.6 Å². The molecule has 9 heteroatoms. The minimum atomic E-state index is -0.325. The van der Waals surface area contributed by atoms with E-state index in [2.05, 4.69) is 20.7 Å². The molecule has 1 aliphatic rings. The normalized spacial score (nSPS) is 13.5. The summed E-state index contributed by atoms with van der Waals surface area (Å²) in [5.74, 6) is 0.0717. The molecule has 8 nitrogen and oxygen atoms in total. The largest absolute Gasteiger partial charge is 0.463 e. The summed E-state index contributed by atoms with van der Waals surface area (Å²) in [4.78, 5) is 30.4. The number of carbonyl (C=O) groups is 2. The molecule has 2 N–H and O–H groups in total. The lowest BCUT2D eigenvalue weighted by Crippen LogP contribution is -2.26. The zero-order valence-electron chi connectivity index (χ0n) is 16.4. The summed E-state index contributed by atoms with van der Waals surface area (Å²) in [5.41, 5.74) is 2.73. The molecule has 0 atom stereocenters. The van der Waals surface area contributed by atoms with Crippen molar-refractivity contribution in [3.05, 3.63) is 52.7 Å². The van der Waals surface area contributed by atoms with Crippen LogP contribution in [0.3, 0.4) is 0 Å². The fourth-order valence-electron chi connectivity index (χ4n) is 3.42. The Morgan fingerprint density at radius 1 is 1.23 bits per heavy atom. The van der Waals surface area contributed by atoms with Crippen LogP contribution in [-0.2, 0) is 7.05 Å². The molecule has 4 aromatic rings. The molecule has 152 valence electrons. The number of anilines is 1. The zero-order chi connectivity index (χ0) is 20.8. The molecule has 1 saturated carbocycles. The van der Waals surface area contributed by atoms with Crippen LogP contribution in [0, 0.1) is 6.92 Å². The van der Waals surface area contributed by atoms with E-state index in [-0.39, 0.29) is 17.9 Å². The second-order valence-electron chi connectivity index (χ2n) is 7.31. The van der Waals surface area contributed by atoms with E-state index in [1.165, 1.54) is 11.3 Å². The number of nitrogens with zero attached hydrogens (tertiary/aromatic N) is 3. The van der Waals surface area contributed by atoms with E-state index in [1.807, 2.05) is 6.92 Å². The molecule has 1 fully saturated rings. The van der Waals surface area contributed by atoms with E-state index in [4.69, 9.17) is 4.42 Å². The number of rotatable bonds is 5. The van der Waals surface area contributed by atoms with Gasteiger partial charge in [-0.1, -0.05) is 0 Å². The van der Waals surface area contributed by atoms with Crippen molar-refractivity contribution >= 4 is 39.2 Å². The number of amides is 2. The van der Waals surface area contributed by atoms with Gasteiger partial charge in [0.25, 0.3) is 11.8 Å². The predicted octanol–water partition coefficient (Wildman–Crippen LogP) is 3.74. The van der Waals surface area contributed by atoms with E-state index in [0.717, 1.165) is 12.8 Å². The number of hydrogen-bond donors (Lipinski definition) is 2. The van der Waals surface area contributed by atoms with E-state index >= 15 is 0 Å². The first-order valence-corrected chi connectivity index (χ1v) is 10.5. The molecule has 2 amide bonds. The van der Waals surface area contributed by atoms with E-state index < -0.39 is 0 Å². The van der Waals surface area contributed by atoms with Gasteiger partial charge in [0.05, 0.1) is 28.5 Å². The van der Waals surface area contributed by atoms with E-state index in [1.54, 1.807) is 47.6 Å². The van der Waals surface area contributed by atoms with Gasteiger partial charge >= 0.3 is 0 Å². The Morgan fingerprint density at radius 2 is 2.07 bits per heavy atom. The van der Waals surface area contributed by atoms with Crippen LogP contribution in [-0.4, -0.2) is 32.6 Å². The van der Waals surface area contributed by atoms with Gasteiger partial charge in [-0.05, 0) is 49.4 Å². The van der Waals surface area contributed by atoms with Crippen molar-refractivity contribution in [2.75, 3.05) is 5.32 Å². The number of aromatic nitrogens is 3. The van der Waals surface area contributed by atoms with E-state index in [0.29, 0.717) is 44.3 Å². The molecule has 0 aliphatic heterocycles. The predicted molar refractivity (Wildman–Crippen MR) is 114 cm³/mol. The first-order chi connectivity index (χ1) is 14.5. The Morgan fingerprint density at radius 3 is 2.80 bits per heavy atom. The third kappa shape index (κ3) is 3.26. The lowest BCUT2D eigenvalue weighted by Gasteiger charge is -2.09. The average molecular weight is 421 g/mol. The number of fused-ring (bicyclic) bond motifs is 1. The number of pyridine rings is 1. The maximum atomic E-state index is 13.3. The Hall–Kier alpha value is -3.46. The quantitative estimate of drug-likeness (QED) is 0.511. The molecule has 1 aliphatic carbocycles. The van der Waals surface area contributed by atoms with Crippen LogP contribution in [0.15, 0.2) is 40.3 Å². The summed E-state index contributed by atoms with van der Waals surface area (Å²) in [5, 5.41) is 13.3. The van der Waals surface area contributed by atoms with Gasteiger partial charge in [0, 0.05) is 13.1 Å². The first kappa shape index (κ1) is 18.6. The fourth-order valence-corrected chi connectivity index (χ4v) is 4.20. The van der Waals surface area contributed by atoms with Crippen LogP contribution in [0.5, 0.6) is 0 Å². The van der Waals surface area contributed by atoms with Gasteiger partial charge in [-0.2, -0.15) is 5.10 Å². The second-order valence-corrected chi connectivity index (χ2v) is 8.22. The van der Waals surface area contributed by atoms with E-state index in [9.17, 15) is 9.59 Å². The van der Waals surface area contributed by atoms with Gasteiger partial charge in [-0.15, -0.1) is 11.3 Å². The molecule has 0 saturated heterocycles. The Labute approximate surface area is 175 Å². The minimum absolute atomic E-state index is 0.164. The summed E-state index contributed by atoms with van der Waals surface area (Å²) in [6.07, 6.45) is 3.57. The van der Waals surface area contributed by atoms with Gasteiger partial charge < -0.3 is 15.1 Å². The summed E-state index contributed by atoms with van der Waals surface area (Å²) in [6.45, 7) is 1.84.